The molecule has 0 radical (unpaired) electrons. The number of hydrogen-bond acceptors (Lipinski definition) is 4. The third-order valence-corrected chi connectivity index (χ3v) is 5.92. The molecular weight excluding hydrogens is 324 g/mol. The molecule has 0 saturated carbocycles. The van der Waals surface area contributed by atoms with E-state index in [0.717, 1.165) is 63.2 Å². The number of carbonyl (C=O) groups excluding carboxylic acids is 1. The zero-order valence-electron chi connectivity index (χ0n) is 16.6. The molecule has 0 aromatic heterocycles. The molecular formula is C22H34N2O2. The highest BCUT2D eigenvalue weighted by atomic mass is 16.5. The average molecular weight is 359 g/mol. The predicted molar refractivity (Wildman–Crippen MR) is 106 cm³/mol. The minimum atomic E-state index is 0.0748. The zero-order valence-corrected chi connectivity index (χ0v) is 16.6. The molecule has 1 aromatic rings. The van der Waals surface area contributed by atoms with Gasteiger partial charge in [0, 0.05) is 31.1 Å². The van der Waals surface area contributed by atoms with E-state index in [1.54, 1.807) is 0 Å². The quantitative estimate of drug-likeness (QED) is 0.718. The summed E-state index contributed by atoms with van der Waals surface area (Å²) in [6, 6.07) is 4.08. The highest BCUT2D eigenvalue weighted by Gasteiger charge is 2.29. The van der Waals surface area contributed by atoms with E-state index in [4.69, 9.17) is 4.74 Å². The molecule has 144 valence electrons. The molecule has 4 nitrogen and oxygen atoms in total. The summed E-state index contributed by atoms with van der Waals surface area (Å²) in [5, 5.41) is 3.45. The second kappa shape index (κ2) is 9.01. The van der Waals surface area contributed by atoms with Gasteiger partial charge in [-0.3, -0.25) is 9.69 Å². The van der Waals surface area contributed by atoms with Gasteiger partial charge in [-0.1, -0.05) is 13.8 Å². The lowest BCUT2D eigenvalue weighted by Crippen LogP contribution is -2.38. The topological polar surface area (TPSA) is 41.6 Å². The van der Waals surface area contributed by atoms with Crippen molar-refractivity contribution in [2.45, 2.75) is 65.5 Å². The number of benzene rings is 1. The molecule has 1 heterocycles. The Balaban J connectivity index is 1.83. The van der Waals surface area contributed by atoms with Crippen molar-refractivity contribution in [3.8, 4) is 5.75 Å². The summed E-state index contributed by atoms with van der Waals surface area (Å²) in [4.78, 5) is 15.8. The van der Waals surface area contributed by atoms with Gasteiger partial charge in [0.25, 0.3) is 0 Å². The highest BCUT2D eigenvalue weighted by Crippen LogP contribution is 2.34. The molecule has 2 atom stereocenters. The van der Waals surface area contributed by atoms with Gasteiger partial charge in [-0.15, -0.1) is 0 Å². The van der Waals surface area contributed by atoms with Crippen LogP contribution in [0.3, 0.4) is 0 Å². The first-order valence-electron chi connectivity index (χ1n) is 10.4. The van der Waals surface area contributed by atoms with Gasteiger partial charge in [-0.2, -0.15) is 0 Å². The maximum absolute atomic E-state index is 13.4. The van der Waals surface area contributed by atoms with Crippen LogP contribution in [0.2, 0.25) is 0 Å². The molecule has 0 amide bonds. The monoisotopic (exact) mass is 358 g/mol. The molecule has 0 spiro atoms. The van der Waals surface area contributed by atoms with Crippen LogP contribution in [0.1, 0.15) is 67.9 Å². The van der Waals surface area contributed by atoms with Crippen molar-refractivity contribution in [3.63, 3.8) is 0 Å². The van der Waals surface area contributed by atoms with Crippen LogP contribution >= 0.6 is 0 Å². The first-order chi connectivity index (χ1) is 12.7. The van der Waals surface area contributed by atoms with Gasteiger partial charge in [0.2, 0.25) is 0 Å². The van der Waals surface area contributed by atoms with E-state index in [9.17, 15) is 4.79 Å². The second-order valence-corrected chi connectivity index (χ2v) is 7.72. The largest absolute Gasteiger partial charge is 0.493 e. The van der Waals surface area contributed by atoms with Crippen molar-refractivity contribution in [2.24, 2.45) is 5.92 Å². The van der Waals surface area contributed by atoms with Crippen LogP contribution in [0, 0.1) is 5.92 Å². The van der Waals surface area contributed by atoms with E-state index < -0.39 is 0 Å². The number of nitrogens with zero attached hydrogens (tertiary/aromatic N) is 1. The van der Waals surface area contributed by atoms with Crippen LogP contribution < -0.4 is 10.1 Å². The van der Waals surface area contributed by atoms with E-state index in [0.29, 0.717) is 11.9 Å². The van der Waals surface area contributed by atoms with E-state index >= 15 is 0 Å². The Hall–Kier alpha value is -1.39. The molecule has 2 aliphatic rings. The summed E-state index contributed by atoms with van der Waals surface area (Å²) < 4.78 is 5.97. The normalized spacial score (nSPS) is 21.4. The number of ketones is 1. The molecule has 4 heteroatoms. The van der Waals surface area contributed by atoms with Crippen molar-refractivity contribution in [1.82, 2.24) is 10.2 Å². The number of Topliss-reactive ketones (excluding diaryl/α,β-unsaturated/α-hetero) is 1. The smallest absolute Gasteiger partial charge is 0.167 e. The molecule has 1 aliphatic heterocycles. The zero-order chi connectivity index (χ0) is 18.5. The highest BCUT2D eigenvalue weighted by molar-refractivity contribution is 6.00. The van der Waals surface area contributed by atoms with Crippen LogP contribution in [0.4, 0.5) is 0 Å². The van der Waals surface area contributed by atoms with Gasteiger partial charge in [-0.25, -0.2) is 0 Å². The fourth-order valence-corrected chi connectivity index (χ4v) is 4.30. The van der Waals surface area contributed by atoms with Crippen LogP contribution in [0.15, 0.2) is 12.1 Å². The van der Waals surface area contributed by atoms with E-state index in [-0.39, 0.29) is 5.92 Å². The van der Waals surface area contributed by atoms with Crippen molar-refractivity contribution < 1.29 is 9.53 Å². The van der Waals surface area contributed by atoms with Gasteiger partial charge in [0.15, 0.2) is 5.78 Å². The van der Waals surface area contributed by atoms with Crippen molar-refractivity contribution in [3.05, 3.63) is 28.8 Å². The lowest BCUT2D eigenvalue weighted by Gasteiger charge is -2.27. The van der Waals surface area contributed by atoms with Gasteiger partial charge < -0.3 is 10.1 Å². The Bertz CT molecular complexity index is 629. The first kappa shape index (κ1) is 19.4. The third-order valence-electron chi connectivity index (χ3n) is 5.92. The average Bonchev–Trinajstić information content (AvgIpc) is 3.08. The molecule has 2 unspecified atom stereocenters. The lowest BCUT2D eigenvalue weighted by atomic mass is 9.83. The maximum Gasteiger partial charge on any atom is 0.167 e. The summed E-state index contributed by atoms with van der Waals surface area (Å²) in [6.45, 7) is 10.1. The molecule has 1 N–H and O–H groups in total. The van der Waals surface area contributed by atoms with E-state index in [2.05, 4.69) is 31.0 Å². The molecule has 0 bridgehead atoms. The summed E-state index contributed by atoms with van der Waals surface area (Å²) in [5.41, 5.74) is 3.51. The number of ether oxygens (including phenoxy) is 1. The van der Waals surface area contributed by atoms with E-state index in [1.165, 1.54) is 24.0 Å². The Morgan fingerprint density at radius 2 is 2.04 bits per heavy atom. The Morgan fingerprint density at radius 3 is 2.69 bits per heavy atom. The summed E-state index contributed by atoms with van der Waals surface area (Å²) in [5.74, 6) is 1.40. The van der Waals surface area contributed by atoms with Gasteiger partial charge >= 0.3 is 0 Å². The molecule has 1 aliphatic carbocycles. The molecule has 1 saturated heterocycles. The van der Waals surface area contributed by atoms with Crippen molar-refractivity contribution >= 4 is 5.78 Å². The van der Waals surface area contributed by atoms with Gasteiger partial charge in [0.1, 0.15) is 5.75 Å². The van der Waals surface area contributed by atoms with Crippen molar-refractivity contribution in [2.75, 3.05) is 26.2 Å². The van der Waals surface area contributed by atoms with Crippen LogP contribution in [0.25, 0.3) is 0 Å². The van der Waals surface area contributed by atoms with Crippen LogP contribution in [0.5, 0.6) is 5.75 Å². The Morgan fingerprint density at radius 1 is 1.27 bits per heavy atom. The van der Waals surface area contributed by atoms with Gasteiger partial charge in [0.05, 0.1) is 12.8 Å². The molecule has 1 fully saturated rings. The third kappa shape index (κ3) is 4.12. The Kier molecular flexibility index (Phi) is 6.71. The summed E-state index contributed by atoms with van der Waals surface area (Å²) in [6.07, 6.45) is 6.70. The van der Waals surface area contributed by atoms with Crippen molar-refractivity contribution in [1.29, 1.82) is 0 Å². The minimum absolute atomic E-state index is 0.0748. The van der Waals surface area contributed by atoms with E-state index in [1.807, 2.05) is 12.1 Å². The summed E-state index contributed by atoms with van der Waals surface area (Å²) in [7, 11) is 0. The molecule has 1 aromatic carbocycles. The number of rotatable bonds is 8. The maximum atomic E-state index is 13.4. The number of carbonyl (C=O) groups is 1. The van der Waals surface area contributed by atoms with Crippen LogP contribution in [-0.4, -0.2) is 43.1 Å². The summed E-state index contributed by atoms with van der Waals surface area (Å²) >= 11 is 0. The lowest BCUT2D eigenvalue weighted by molar-refractivity contribution is 0.0869. The SMILES string of the molecule is CCCOc1ccc(C(=O)C(CC)CN2CCNC2C)c2c1CCCC2. The minimum Gasteiger partial charge on any atom is -0.493 e. The first-order valence-corrected chi connectivity index (χ1v) is 10.4. The fraction of sp³-hybridized carbons (Fsp3) is 0.682. The standard InChI is InChI=1S/C22H34N2O2/c1-4-14-26-21-11-10-20(18-8-6-7-9-19(18)21)22(25)17(5-2)15-24-13-12-23-16(24)3/h10-11,16-17,23H,4-9,12-15H2,1-3H3. The fourth-order valence-electron chi connectivity index (χ4n) is 4.30. The number of hydrogen-bond donors (Lipinski definition) is 1. The second-order valence-electron chi connectivity index (χ2n) is 7.72. The molecule has 26 heavy (non-hydrogen) atoms. The van der Waals surface area contributed by atoms with Crippen LogP contribution in [-0.2, 0) is 12.8 Å². The number of fused-ring (bicyclic) bond motifs is 1. The van der Waals surface area contributed by atoms with Gasteiger partial charge in [-0.05, 0) is 68.7 Å². The predicted octanol–water partition coefficient (Wildman–Crippen LogP) is 3.81. The number of nitrogens with one attached hydrogen (secondary N) is 1. The molecule has 3 rings (SSSR count). The Labute approximate surface area is 158 Å².